The SMILES string of the molecule is CC(=O)Nc1cc(C)ccc1[As](=O)(O)OO. The van der Waals surface area contributed by atoms with Crippen molar-refractivity contribution in [3.63, 3.8) is 0 Å². The summed E-state index contributed by atoms with van der Waals surface area (Å²) < 4.78 is 24.4. The fraction of sp³-hybridized carbons (Fsp3) is 0.222. The van der Waals surface area contributed by atoms with E-state index in [0.29, 0.717) is 0 Å². The van der Waals surface area contributed by atoms with Crippen LogP contribution in [-0.2, 0) is 12.4 Å². The topological polar surface area (TPSA) is 95.9 Å². The third-order valence-corrected chi connectivity index (χ3v) is 4.44. The van der Waals surface area contributed by atoms with Crippen molar-refractivity contribution in [1.82, 2.24) is 0 Å². The van der Waals surface area contributed by atoms with Gasteiger partial charge in [0.15, 0.2) is 0 Å². The van der Waals surface area contributed by atoms with Crippen molar-refractivity contribution < 1.29 is 21.8 Å². The van der Waals surface area contributed by atoms with Gasteiger partial charge in [-0.05, 0) is 0 Å². The number of aryl methyl sites for hydroxylation is 1. The van der Waals surface area contributed by atoms with Gasteiger partial charge in [-0.2, -0.15) is 0 Å². The minimum absolute atomic E-state index is 0.0959. The van der Waals surface area contributed by atoms with Gasteiger partial charge in [0.1, 0.15) is 0 Å². The van der Waals surface area contributed by atoms with Gasteiger partial charge in [0, 0.05) is 0 Å². The third kappa shape index (κ3) is 2.96. The molecule has 1 aromatic carbocycles. The van der Waals surface area contributed by atoms with Gasteiger partial charge in [0.2, 0.25) is 0 Å². The fourth-order valence-corrected chi connectivity index (χ4v) is 2.86. The molecule has 0 saturated carbocycles. The van der Waals surface area contributed by atoms with Crippen LogP contribution in [-0.4, -0.2) is 29.4 Å². The Labute approximate surface area is 95.2 Å². The summed E-state index contributed by atoms with van der Waals surface area (Å²) in [6.07, 6.45) is 0. The van der Waals surface area contributed by atoms with Crippen LogP contribution in [0.1, 0.15) is 12.5 Å². The zero-order valence-electron chi connectivity index (χ0n) is 8.80. The van der Waals surface area contributed by atoms with E-state index in [-0.39, 0.29) is 15.9 Å². The quantitative estimate of drug-likeness (QED) is 0.414. The molecule has 6 nitrogen and oxygen atoms in total. The van der Waals surface area contributed by atoms with Crippen molar-refractivity contribution in [3.05, 3.63) is 23.8 Å². The van der Waals surface area contributed by atoms with Gasteiger partial charge in [-0.1, -0.05) is 0 Å². The van der Waals surface area contributed by atoms with E-state index in [4.69, 9.17) is 5.26 Å². The summed E-state index contributed by atoms with van der Waals surface area (Å²) in [5.41, 5.74) is 0.979. The molecule has 0 aliphatic carbocycles. The summed E-state index contributed by atoms with van der Waals surface area (Å²) >= 11 is -4.95. The van der Waals surface area contributed by atoms with E-state index in [1.54, 1.807) is 13.0 Å². The van der Waals surface area contributed by atoms with Gasteiger partial charge in [0.25, 0.3) is 0 Å². The van der Waals surface area contributed by atoms with Crippen LogP contribution in [0.3, 0.4) is 0 Å². The third-order valence-electron chi connectivity index (χ3n) is 1.88. The van der Waals surface area contributed by atoms with Crippen LogP contribution in [0.2, 0.25) is 0 Å². The van der Waals surface area contributed by atoms with E-state index >= 15 is 0 Å². The molecule has 0 saturated heterocycles. The van der Waals surface area contributed by atoms with E-state index in [1.807, 2.05) is 0 Å². The molecule has 0 fully saturated rings. The number of benzene rings is 1. The van der Waals surface area contributed by atoms with Crippen molar-refractivity contribution in [2.75, 3.05) is 5.32 Å². The van der Waals surface area contributed by atoms with Crippen molar-refractivity contribution >= 4 is 30.1 Å². The monoisotopic (exact) mass is 289 g/mol. The molecule has 3 N–H and O–H groups in total. The first-order chi connectivity index (χ1) is 7.36. The van der Waals surface area contributed by atoms with E-state index in [2.05, 4.69) is 9.19 Å². The summed E-state index contributed by atoms with van der Waals surface area (Å²) in [6, 6.07) is 4.46. The molecule has 0 aromatic heterocycles. The predicted octanol–water partition coefficient (Wildman–Crippen LogP) is 0.0117. The van der Waals surface area contributed by atoms with Crippen molar-refractivity contribution in [1.29, 1.82) is 0 Å². The Kier molecular flexibility index (Phi) is 3.93. The van der Waals surface area contributed by atoms with E-state index in [9.17, 15) is 12.6 Å². The number of nitrogens with one attached hydrogen (secondary N) is 1. The predicted molar refractivity (Wildman–Crippen MR) is 57.5 cm³/mol. The zero-order valence-corrected chi connectivity index (χ0v) is 10.7. The zero-order chi connectivity index (χ0) is 12.3. The molecular weight excluding hydrogens is 277 g/mol. The van der Waals surface area contributed by atoms with Crippen LogP contribution in [0.4, 0.5) is 5.69 Å². The number of hydrogen-bond donors (Lipinski definition) is 3. The molecule has 16 heavy (non-hydrogen) atoms. The first kappa shape index (κ1) is 13.0. The maximum absolute atomic E-state index is 11.5. The molecule has 0 aliphatic rings. The van der Waals surface area contributed by atoms with Crippen LogP contribution in [0.15, 0.2) is 18.2 Å². The Morgan fingerprint density at radius 2 is 2.12 bits per heavy atom. The number of carbonyl (C=O) groups excluding carboxylic acids is 1. The van der Waals surface area contributed by atoms with Crippen molar-refractivity contribution in [2.24, 2.45) is 0 Å². The van der Waals surface area contributed by atoms with Gasteiger partial charge < -0.3 is 0 Å². The standard InChI is InChI=1S/C9H12AsNO5/c1-6-3-4-8(10(13,14)16-15)9(5-6)11-7(2)12/h3-5,15H,1-2H3,(H,11,12)(H,13,14). The van der Waals surface area contributed by atoms with Gasteiger partial charge in [-0.15, -0.1) is 0 Å². The molecule has 0 bridgehead atoms. The average molecular weight is 289 g/mol. The molecule has 0 spiro atoms. The molecule has 7 heteroatoms. The Hall–Kier alpha value is -1.07. The molecule has 1 rings (SSSR count). The second-order valence-electron chi connectivity index (χ2n) is 3.30. The summed E-state index contributed by atoms with van der Waals surface area (Å²) in [7, 11) is 0. The Balaban J connectivity index is 3.28. The Morgan fingerprint density at radius 1 is 1.50 bits per heavy atom. The molecule has 1 atom stereocenters. The van der Waals surface area contributed by atoms with Gasteiger partial charge in [-0.25, -0.2) is 0 Å². The number of hydrogen-bond acceptors (Lipinski definition) is 4. The number of amides is 1. The summed E-state index contributed by atoms with van der Waals surface area (Å²) in [6.45, 7) is 3.05. The van der Waals surface area contributed by atoms with Crippen LogP contribution in [0.25, 0.3) is 0 Å². The Bertz CT molecular complexity index is 459. The normalized spacial score (nSPS) is 14.2. The molecule has 1 aromatic rings. The summed E-state index contributed by atoms with van der Waals surface area (Å²) in [5.74, 6) is -0.375. The first-order valence-corrected chi connectivity index (χ1v) is 7.72. The molecule has 0 heterocycles. The van der Waals surface area contributed by atoms with Crippen molar-refractivity contribution in [2.45, 2.75) is 13.8 Å². The average Bonchev–Trinajstić information content (AvgIpc) is 2.16. The van der Waals surface area contributed by atoms with Gasteiger partial charge >= 0.3 is 94.8 Å². The Morgan fingerprint density at radius 3 is 2.62 bits per heavy atom. The molecule has 88 valence electrons. The minimum atomic E-state index is -4.95. The van der Waals surface area contributed by atoms with Crippen LogP contribution in [0, 0.1) is 6.92 Å². The van der Waals surface area contributed by atoms with Gasteiger partial charge in [0.05, 0.1) is 0 Å². The molecule has 0 radical (unpaired) electrons. The fourth-order valence-electron chi connectivity index (χ4n) is 1.23. The summed E-state index contributed by atoms with van der Waals surface area (Å²) in [5, 5.41) is 10.8. The van der Waals surface area contributed by atoms with Crippen LogP contribution in [0.5, 0.6) is 0 Å². The number of rotatable bonds is 3. The molecular formula is C9H12AsNO5. The van der Waals surface area contributed by atoms with E-state index in [0.717, 1.165) is 5.56 Å². The van der Waals surface area contributed by atoms with Crippen LogP contribution >= 0.6 is 0 Å². The molecule has 0 aliphatic heterocycles. The van der Waals surface area contributed by atoms with Crippen LogP contribution < -0.4 is 9.67 Å². The first-order valence-electron chi connectivity index (χ1n) is 4.41. The number of carbonyl (C=O) groups is 1. The second kappa shape index (κ2) is 4.84. The molecule has 1 unspecified atom stereocenters. The molecule has 1 amide bonds. The van der Waals surface area contributed by atoms with E-state index < -0.39 is 14.2 Å². The van der Waals surface area contributed by atoms with Gasteiger partial charge in [-0.3, -0.25) is 0 Å². The maximum atomic E-state index is 11.5. The van der Waals surface area contributed by atoms with E-state index in [1.165, 1.54) is 19.1 Å². The number of anilines is 1. The summed E-state index contributed by atoms with van der Waals surface area (Å²) in [4.78, 5) is 10.9. The van der Waals surface area contributed by atoms with Crippen molar-refractivity contribution in [3.8, 4) is 0 Å². The second-order valence-corrected chi connectivity index (χ2v) is 6.84.